The van der Waals surface area contributed by atoms with Crippen LogP contribution in [0.15, 0.2) is 42.5 Å². The molecule has 3 nitrogen and oxygen atoms in total. The van der Waals surface area contributed by atoms with Gasteiger partial charge in [0.1, 0.15) is 5.75 Å². The van der Waals surface area contributed by atoms with Gasteiger partial charge in [-0.3, -0.25) is 4.79 Å². The molecule has 0 bridgehead atoms. The first-order valence-corrected chi connectivity index (χ1v) is 7.24. The van der Waals surface area contributed by atoms with E-state index in [1.165, 1.54) is 0 Å². The van der Waals surface area contributed by atoms with Crippen LogP contribution in [-0.2, 0) is 17.1 Å². The molecule has 0 atom stereocenters. The summed E-state index contributed by atoms with van der Waals surface area (Å²) < 4.78 is 81.8. The Morgan fingerprint density at radius 3 is 1.88 bits per heavy atom. The Labute approximate surface area is 144 Å². The van der Waals surface area contributed by atoms with Gasteiger partial charge >= 0.3 is 12.4 Å². The van der Waals surface area contributed by atoms with Crippen LogP contribution in [-0.4, -0.2) is 12.5 Å². The molecule has 2 rings (SSSR count). The summed E-state index contributed by atoms with van der Waals surface area (Å²) in [6.07, 6.45) is -9.97. The maximum absolute atomic E-state index is 12.8. The second-order valence-corrected chi connectivity index (χ2v) is 5.44. The van der Waals surface area contributed by atoms with Crippen molar-refractivity contribution in [1.82, 2.24) is 0 Å². The molecule has 2 aromatic carbocycles. The average Bonchev–Trinajstić information content (AvgIpc) is 2.52. The average molecular weight is 377 g/mol. The topological polar surface area (TPSA) is 38.3 Å². The van der Waals surface area contributed by atoms with Gasteiger partial charge in [-0.2, -0.15) is 26.3 Å². The van der Waals surface area contributed by atoms with Crippen LogP contribution in [0.25, 0.3) is 0 Å². The Bertz CT molecular complexity index is 749. The zero-order valence-electron chi connectivity index (χ0n) is 13.3. The van der Waals surface area contributed by atoms with Crippen LogP contribution in [0.5, 0.6) is 5.75 Å². The van der Waals surface area contributed by atoms with Gasteiger partial charge in [-0.1, -0.05) is 17.7 Å². The molecule has 0 radical (unpaired) electrons. The van der Waals surface area contributed by atoms with E-state index in [1.807, 2.05) is 12.2 Å². The lowest BCUT2D eigenvalue weighted by Gasteiger charge is -2.15. The second kappa shape index (κ2) is 7.27. The number of alkyl halides is 6. The van der Waals surface area contributed by atoms with Crippen molar-refractivity contribution < 1.29 is 35.9 Å². The Hall–Kier alpha value is -2.71. The summed E-state index contributed by atoms with van der Waals surface area (Å²) in [5.74, 6) is -0.552. The number of benzene rings is 2. The molecule has 0 fully saturated rings. The Balaban J connectivity index is 2.14. The minimum absolute atomic E-state index is 0.0154. The second-order valence-electron chi connectivity index (χ2n) is 5.44. The summed E-state index contributed by atoms with van der Waals surface area (Å²) in [6.45, 7) is 1.27. The summed E-state index contributed by atoms with van der Waals surface area (Å²) >= 11 is 0. The van der Waals surface area contributed by atoms with Crippen molar-refractivity contribution in [3.05, 3.63) is 59.2 Å². The maximum atomic E-state index is 12.8. The minimum atomic E-state index is -4.99. The fraction of sp³-hybridized carbons (Fsp3) is 0.235. The molecule has 140 valence electrons. The highest BCUT2D eigenvalue weighted by Crippen LogP contribution is 2.37. The van der Waals surface area contributed by atoms with Gasteiger partial charge in [0, 0.05) is 5.69 Å². The molecule has 0 aliphatic carbocycles. The first-order chi connectivity index (χ1) is 11.9. The van der Waals surface area contributed by atoms with Gasteiger partial charge in [-0.25, -0.2) is 0 Å². The van der Waals surface area contributed by atoms with Gasteiger partial charge in [0.15, 0.2) is 6.61 Å². The third-order valence-electron chi connectivity index (χ3n) is 3.26. The maximum Gasteiger partial charge on any atom is 0.416 e. The lowest BCUT2D eigenvalue weighted by atomic mass is 10.1. The van der Waals surface area contributed by atoms with Crippen LogP contribution >= 0.6 is 0 Å². The van der Waals surface area contributed by atoms with E-state index in [2.05, 4.69) is 0 Å². The smallest absolute Gasteiger partial charge is 0.416 e. The van der Waals surface area contributed by atoms with E-state index in [1.54, 1.807) is 24.3 Å². The lowest BCUT2D eigenvalue weighted by Crippen LogP contribution is -2.21. The largest absolute Gasteiger partial charge is 0.484 e. The molecule has 0 saturated carbocycles. The molecule has 0 aliphatic heterocycles. The van der Waals surface area contributed by atoms with Crippen LogP contribution in [0, 0.1) is 6.92 Å². The molecule has 0 heterocycles. The number of carbonyl (C=O) groups excluding carboxylic acids is 1. The van der Waals surface area contributed by atoms with Gasteiger partial charge in [0.2, 0.25) is 0 Å². The quantitative estimate of drug-likeness (QED) is 0.758. The van der Waals surface area contributed by atoms with Crippen molar-refractivity contribution in [2.75, 3.05) is 11.9 Å². The standard InChI is InChI=1S/C17H13F6NO2/c1-10-2-4-14(5-3-10)26-9-15(25)24-13-7-11(16(18,19)20)6-12(8-13)17(21,22)23/h2-8H,9H2,1H3,(H,24,25). The highest BCUT2D eigenvalue weighted by atomic mass is 19.4. The van der Waals surface area contributed by atoms with Crippen LogP contribution < -0.4 is 10.1 Å². The number of nitrogens with one attached hydrogen (secondary N) is 1. The van der Waals surface area contributed by atoms with E-state index in [0.29, 0.717) is 17.9 Å². The predicted octanol–water partition coefficient (Wildman–Crippen LogP) is 5.05. The predicted molar refractivity (Wildman–Crippen MR) is 81.7 cm³/mol. The monoisotopic (exact) mass is 377 g/mol. The summed E-state index contributed by atoms with van der Waals surface area (Å²) in [4.78, 5) is 11.8. The van der Waals surface area contributed by atoms with E-state index in [9.17, 15) is 31.1 Å². The first-order valence-electron chi connectivity index (χ1n) is 7.24. The number of hydrogen-bond donors (Lipinski definition) is 1. The van der Waals surface area contributed by atoms with E-state index in [0.717, 1.165) is 5.56 Å². The molecule has 9 heteroatoms. The lowest BCUT2D eigenvalue weighted by molar-refractivity contribution is -0.143. The zero-order valence-corrected chi connectivity index (χ0v) is 13.3. The van der Waals surface area contributed by atoms with Gasteiger partial charge in [-0.05, 0) is 37.3 Å². The number of ether oxygens (including phenoxy) is 1. The Morgan fingerprint density at radius 1 is 0.923 bits per heavy atom. The van der Waals surface area contributed by atoms with Crippen LogP contribution in [0.1, 0.15) is 16.7 Å². The first kappa shape index (κ1) is 19.6. The molecule has 26 heavy (non-hydrogen) atoms. The summed E-state index contributed by atoms with van der Waals surface area (Å²) in [7, 11) is 0. The summed E-state index contributed by atoms with van der Waals surface area (Å²) in [5.41, 5.74) is -2.70. The number of carbonyl (C=O) groups is 1. The number of rotatable bonds is 4. The zero-order chi connectivity index (χ0) is 19.5. The molecule has 1 amide bonds. The van der Waals surface area contributed by atoms with Crippen molar-refractivity contribution in [3.8, 4) is 5.75 Å². The number of hydrogen-bond acceptors (Lipinski definition) is 2. The number of amides is 1. The van der Waals surface area contributed by atoms with Crippen LogP contribution in [0.2, 0.25) is 0 Å². The molecule has 0 unspecified atom stereocenters. The number of anilines is 1. The van der Waals surface area contributed by atoms with Crippen molar-refractivity contribution in [1.29, 1.82) is 0 Å². The fourth-order valence-corrected chi connectivity index (χ4v) is 2.01. The Morgan fingerprint density at radius 2 is 1.42 bits per heavy atom. The molecule has 1 N–H and O–H groups in total. The third kappa shape index (κ3) is 5.40. The number of aryl methyl sites for hydroxylation is 1. The van der Waals surface area contributed by atoms with Crippen molar-refractivity contribution in [2.45, 2.75) is 19.3 Å². The van der Waals surface area contributed by atoms with Gasteiger partial charge in [0.25, 0.3) is 5.91 Å². The van der Waals surface area contributed by atoms with Crippen LogP contribution in [0.3, 0.4) is 0 Å². The molecule has 0 spiro atoms. The number of halogens is 6. The normalized spacial score (nSPS) is 12.0. The highest BCUT2D eigenvalue weighted by Gasteiger charge is 2.37. The van der Waals surface area contributed by atoms with E-state index in [-0.39, 0.29) is 6.07 Å². The highest BCUT2D eigenvalue weighted by molar-refractivity contribution is 5.92. The van der Waals surface area contributed by atoms with Crippen molar-refractivity contribution in [3.63, 3.8) is 0 Å². The molecule has 2 aromatic rings. The Kier molecular flexibility index (Phi) is 5.48. The van der Waals surface area contributed by atoms with Gasteiger partial charge in [-0.15, -0.1) is 0 Å². The summed E-state index contributed by atoms with van der Waals surface area (Å²) in [5, 5.41) is 1.98. The van der Waals surface area contributed by atoms with E-state index in [4.69, 9.17) is 4.74 Å². The molecule has 0 saturated heterocycles. The van der Waals surface area contributed by atoms with E-state index < -0.39 is 41.7 Å². The van der Waals surface area contributed by atoms with E-state index >= 15 is 0 Å². The SMILES string of the molecule is Cc1ccc(OCC(=O)Nc2cc(C(F)(F)F)cc(C(F)(F)F)c2)cc1. The summed E-state index contributed by atoms with van der Waals surface area (Å²) in [6, 6.07) is 7.44. The van der Waals surface area contributed by atoms with Crippen molar-refractivity contribution >= 4 is 11.6 Å². The molecular weight excluding hydrogens is 364 g/mol. The fourth-order valence-electron chi connectivity index (χ4n) is 2.01. The molecule has 0 aromatic heterocycles. The minimum Gasteiger partial charge on any atom is -0.484 e. The molecular formula is C17H13F6NO2. The van der Waals surface area contributed by atoms with Gasteiger partial charge in [0.05, 0.1) is 11.1 Å². The van der Waals surface area contributed by atoms with Crippen LogP contribution in [0.4, 0.5) is 32.0 Å². The molecule has 0 aliphatic rings. The third-order valence-corrected chi connectivity index (χ3v) is 3.26. The van der Waals surface area contributed by atoms with Gasteiger partial charge < -0.3 is 10.1 Å². The van der Waals surface area contributed by atoms with Crippen molar-refractivity contribution in [2.24, 2.45) is 0 Å².